The third-order valence-corrected chi connectivity index (χ3v) is 7.10. The number of rotatable bonds is 5. The number of sulfone groups is 1. The van der Waals surface area contributed by atoms with Gasteiger partial charge in [0.25, 0.3) is 0 Å². The number of hydrogen-bond acceptors (Lipinski definition) is 8. The summed E-state index contributed by atoms with van der Waals surface area (Å²) < 4.78 is 25.6. The van der Waals surface area contributed by atoms with Crippen molar-refractivity contribution in [2.45, 2.75) is 16.7 Å². The highest BCUT2D eigenvalue weighted by Crippen LogP contribution is 2.26. The molecule has 2 aromatic carbocycles. The van der Waals surface area contributed by atoms with Crippen LogP contribution in [0.25, 0.3) is 0 Å². The van der Waals surface area contributed by atoms with Crippen LogP contribution in [0.5, 0.6) is 0 Å². The zero-order chi connectivity index (χ0) is 22.0. The summed E-state index contributed by atoms with van der Waals surface area (Å²) in [6.07, 6.45) is 1.28. The van der Waals surface area contributed by atoms with E-state index in [9.17, 15) is 13.2 Å². The van der Waals surface area contributed by atoms with Crippen LogP contribution in [-0.4, -0.2) is 50.3 Å². The molecule has 0 aliphatic carbocycles. The lowest BCUT2D eigenvalue weighted by molar-refractivity contribution is 0.101. The lowest BCUT2D eigenvalue weighted by Crippen LogP contribution is -2.47. The normalized spacial score (nSPS) is 14.5. The SMILES string of the molecule is CC(=O)c1ccc(N2CCN(c3ncc(S(=O)(=O)c4ccccc4)c(N)n3)CC2)cc1. The summed E-state index contributed by atoms with van der Waals surface area (Å²) in [5.74, 6) is 0.399. The van der Waals surface area contributed by atoms with Crippen LogP contribution in [-0.2, 0) is 9.84 Å². The Bertz CT molecular complexity index is 1190. The summed E-state index contributed by atoms with van der Waals surface area (Å²) >= 11 is 0. The molecule has 0 unspecified atom stereocenters. The molecular weight excluding hydrogens is 414 g/mol. The van der Waals surface area contributed by atoms with E-state index in [4.69, 9.17) is 5.73 Å². The molecule has 160 valence electrons. The van der Waals surface area contributed by atoms with Crippen molar-refractivity contribution in [3.63, 3.8) is 0 Å². The predicted molar refractivity (Wildman–Crippen MR) is 119 cm³/mol. The summed E-state index contributed by atoms with van der Waals surface area (Å²) in [6.45, 7) is 4.37. The standard InChI is InChI=1S/C22H23N5O3S/c1-16(28)17-7-9-18(10-8-17)26-11-13-27(14-12-26)22-24-15-20(21(23)25-22)31(29,30)19-5-3-2-4-6-19/h2-10,15H,11-14H2,1H3,(H2,23,24,25). The molecule has 1 fully saturated rings. The first-order valence-electron chi connectivity index (χ1n) is 9.90. The van der Waals surface area contributed by atoms with Crippen LogP contribution >= 0.6 is 0 Å². The summed E-state index contributed by atoms with van der Waals surface area (Å²) in [5.41, 5.74) is 7.76. The largest absolute Gasteiger partial charge is 0.382 e. The van der Waals surface area contributed by atoms with Crippen LogP contribution in [0.4, 0.5) is 17.5 Å². The molecule has 0 saturated carbocycles. The summed E-state index contributed by atoms with van der Waals surface area (Å²) in [6, 6.07) is 15.7. The second kappa shape index (κ2) is 8.35. The van der Waals surface area contributed by atoms with Gasteiger partial charge in [0.2, 0.25) is 15.8 Å². The lowest BCUT2D eigenvalue weighted by Gasteiger charge is -2.36. The number of anilines is 3. The number of nitrogen functional groups attached to an aromatic ring is 1. The molecule has 1 saturated heterocycles. The van der Waals surface area contributed by atoms with Crippen molar-refractivity contribution in [3.8, 4) is 0 Å². The molecule has 0 spiro atoms. The minimum absolute atomic E-state index is 0.0452. The maximum atomic E-state index is 12.8. The number of aromatic nitrogens is 2. The molecule has 0 amide bonds. The van der Waals surface area contributed by atoms with Crippen LogP contribution in [0.3, 0.4) is 0 Å². The highest BCUT2D eigenvalue weighted by molar-refractivity contribution is 7.91. The Morgan fingerprint density at radius 1 is 0.935 bits per heavy atom. The van der Waals surface area contributed by atoms with Crippen molar-refractivity contribution in [1.82, 2.24) is 9.97 Å². The number of benzene rings is 2. The van der Waals surface area contributed by atoms with E-state index < -0.39 is 9.84 Å². The van der Waals surface area contributed by atoms with Gasteiger partial charge in [0, 0.05) is 37.4 Å². The van der Waals surface area contributed by atoms with Crippen molar-refractivity contribution < 1.29 is 13.2 Å². The fraction of sp³-hybridized carbons (Fsp3) is 0.227. The van der Waals surface area contributed by atoms with Crippen LogP contribution in [0.1, 0.15) is 17.3 Å². The zero-order valence-corrected chi connectivity index (χ0v) is 17.9. The van der Waals surface area contributed by atoms with E-state index in [0.29, 0.717) is 24.6 Å². The Hall–Kier alpha value is -3.46. The average molecular weight is 438 g/mol. The average Bonchev–Trinajstić information content (AvgIpc) is 2.79. The molecule has 8 nitrogen and oxygen atoms in total. The maximum Gasteiger partial charge on any atom is 0.227 e. The van der Waals surface area contributed by atoms with Crippen molar-refractivity contribution >= 4 is 33.1 Å². The topological polar surface area (TPSA) is 109 Å². The minimum Gasteiger partial charge on any atom is -0.382 e. The van der Waals surface area contributed by atoms with Crippen LogP contribution in [0.15, 0.2) is 70.6 Å². The monoisotopic (exact) mass is 437 g/mol. The quantitative estimate of drug-likeness (QED) is 0.606. The Morgan fingerprint density at radius 2 is 1.55 bits per heavy atom. The third kappa shape index (κ3) is 4.22. The third-order valence-electron chi connectivity index (χ3n) is 5.31. The van der Waals surface area contributed by atoms with Crippen molar-refractivity contribution in [2.24, 2.45) is 0 Å². The van der Waals surface area contributed by atoms with Crippen molar-refractivity contribution in [2.75, 3.05) is 41.7 Å². The smallest absolute Gasteiger partial charge is 0.227 e. The van der Waals surface area contributed by atoms with E-state index in [1.54, 1.807) is 25.1 Å². The molecule has 31 heavy (non-hydrogen) atoms. The lowest BCUT2D eigenvalue weighted by atomic mass is 10.1. The van der Waals surface area contributed by atoms with Gasteiger partial charge < -0.3 is 15.5 Å². The summed E-state index contributed by atoms with van der Waals surface area (Å²) in [5, 5.41) is 0. The van der Waals surface area contributed by atoms with Gasteiger partial charge in [-0.05, 0) is 43.3 Å². The Kier molecular flexibility index (Phi) is 5.60. The second-order valence-electron chi connectivity index (χ2n) is 7.31. The number of Topliss-reactive ketones (excluding diaryl/α,β-unsaturated/α-hetero) is 1. The Balaban J connectivity index is 1.47. The van der Waals surface area contributed by atoms with E-state index in [1.807, 2.05) is 29.2 Å². The van der Waals surface area contributed by atoms with Gasteiger partial charge in [-0.2, -0.15) is 4.98 Å². The number of nitrogens with two attached hydrogens (primary N) is 1. The van der Waals surface area contributed by atoms with E-state index >= 15 is 0 Å². The van der Waals surface area contributed by atoms with Gasteiger partial charge in [-0.15, -0.1) is 0 Å². The van der Waals surface area contributed by atoms with Gasteiger partial charge in [0.05, 0.1) is 11.1 Å². The molecule has 1 aliphatic heterocycles. The van der Waals surface area contributed by atoms with Crippen molar-refractivity contribution in [1.29, 1.82) is 0 Å². The van der Waals surface area contributed by atoms with E-state index in [2.05, 4.69) is 14.9 Å². The molecule has 0 atom stereocenters. The molecule has 3 aromatic rings. The van der Waals surface area contributed by atoms with E-state index in [1.165, 1.54) is 18.3 Å². The number of carbonyl (C=O) groups is 1. The number of piperazine rings is 1. The highest BCUT2D eigenvalue weighted by Gasteiger charge is 2.25. The molecule has 0 bridgehead atoms. The van der Waals surface area contributed by atoms with Crippen molar-refractivity contribution in [3.05, 3.63) is 66.4 Å². The fourth-order valence-electron chi connectivity index (χ4n) is 3.53. The van der Waals surface area contributed by atoms with Gasteiger partial charge in [-0.3, -0.25) is 4.79 Å². The number of ketones is 1. The van der Waals surface area contributed by atoms with Gasteiger partial charge >= 0.3 is 0 Å². The van der Waals surface area contributed by atoms with Crippen LogP contribution in [0.2, 0.25) is 0 Å². The Morgan fingerprint density at radius 3 is 2.13 bits per heavy atom. The van der Waals surface area contributed by atoms with Gasteiger partial charge in [0.1, 0.15) is 10.7 Å². The first kappa shape index (κ1) is 20.8. The Labute approximate surface area is 181 Å². The van der Waals surface area contributed by atoms with E-state index in [-0.39, 0.29) is 21.4 Å². The predicted octanol–water partition coefficient (Wildman–Crippen LogP) is 2.42. The molecule has 0 radical (unpaired) electrons. The number of carbonyl (C=O) groups excluding carboxylic acids is 1. The molecule has 4 rings (SSSR count). The van der Waals surface area contributed by atoms with Gasteiger partial charge in [-0.1, -0.05) is 18.2 Å². The zero-order valence-electron chi connectivity index (χ0n) is 17.1. The van der Waals surface area contributed by atoms with Crippen LogP contribution < -0.4 is 15.5 Å². The summed E-state index contributed by atoms with van der Waals surface area (Å²) in [4.78, 5) is 24.3. The maximum absolute atomic E-state index is 12.8. The molecule has 1 aliphatic rings. The van der Waals surface area contributed by atoms with Crippen LogP contribution in [0, 0.1) is 0 Å². The van der Waals surface area contributed by atoms with Gasteiger partial charge in [0.15, 0.2) is 5.78 Å². The molecular formula is C22H23N5O3S. The van der Waals surface area contributed by atoms with E-state index in [0.717, 1.165) is 18.8 Å². The molecule has 1 aromatic heterocycles. The second-order valence-corrected chi connectivity index (χ2v) is 9.23. The highest BCUT2D eigenvalue weighted by atomic mass is 32.2. The number of nitrogens with zero attached hydrogens (tertiary/aromatic N) is 4. The first-order chi connectivity index (χ1) is 14.9. The fourth-order valence-corrected chi connectivity index (χ4v) is 4.81. The number of hydrogen-bond donors (Lipinski definition) is 1. The molecule has 2 heterocycles. The molecule has 2 N–H and O–H groups in total. The summed E-state index contributed by atoms with van der Waals surface area (Å²) in [7, 11) is -3.77. The van der Waals surface area contributed by atoms with Gasteiger partial charge in [-0.25, -0.2) is 13.4 Å². The first-order valence-corrected chi connectivity index (χ1v) is 11.4. The minimum atomic E-state index is -3.77. The molecule has 9 heteroatoms.